The van der Waals surface area contributed by atoms with Gasteiger partial charge in [0.2, 0.25) is 0 Å². The van der Waals surface area contributed by atoms with Crippen LogP contribution < -0.4 is 10.6 Å². The van der Waals surface area contributed by atoms with E-state index in [1.165, 1.54) is 12.8 Å². The van der Waals surface area contributed by atoms with Gasteiger partial charge in [0, 0.05) is 31.2 Å². The molecule has 0 aromatic heterocycles. The van der Waals surface area contributed by atoms with Crippen LogP contribution in [0, 0.1) is 11.7 Å². The summed E-state index contributed by atoms with van der Waals surface area (Å²) in [5, 5.41) is 6.21. The summed E-state index contributed by atoms with van der Waals surface area (Å²) in [5.74, 6) is -1.64. The van der Waals surface area contributed by atoms with Gasteiger partial charge in [0.05, 0.1) is 5.56 Å². The van der Waals surface area contributed by atoms with Crippen molar-refractivity contribution >= 4 is 5.91 Å². The molecule has 2 N–H and O–H groups in total. The van der Waals surface area contributed by atoms with Crippen molar-refractivity contribution in [2.45, 2.75) is 37.9 Å². The number of nitrogens with zero attached hydrogens (tertiary/aromatic N) is 1. The molecular formula is C19H25F4N3O. The molecule has 4 nitrogen and oxygen atoms in total. The van der Waals surface area contributed by atoms with E-state index in [0.717, 1.165) is 45.1 Å². The number of piperidine rings is 1. The van der Waals surface area contributed by atoms with E-state index >= 15 is 0 Å². The normalized spacial score (nSPS) is 19.3. The van der Waals surface area contributed by atoms with Crippen LogP contribution >= 0.6 is 0 Å². The van der Waals surface area contributed by atoms with Gasteiger partial charge in [0.1, 0.15) is 5.82 Å². The van der Waals surface area contributed by atoms with E-state index in [0.29, 0.717) is 30.6 Å². The molecule has 1 amide bonds. The average Bonchev–Trinajstić information content (AvgIpc) is 3.44. The largest absolute Gasteiger partial charge is 0.419 e. The van der Waals surface area contributed by atoms with E-state index in [4.69, 9.17) is 0 Å². The van der Waals surface area contributed by atoms with Gasteiger partial charge in [-0.2, -0.15) is 13.2 Å². The molecule has 1 aliphatic heterocycles. The molecule has 1 aliphatic carbocycles. The summed E-state index contributed by atoms with van der Waals surface area (Å²) in [6.07, 6.45) is -0.271. The molecule has 0 spiro atoms. The zero-order valence-corrected chi connectivity index (χ0v) is 15.1. The summed E-state index contributed by atoms with van der Waals surface area (Å²) in [5.41, 5.74) is -1.45. The number of amides is 1. The van der Waals surface area contributed by atoms with Crippen molar-refractivity contribution in [1.82, 2.24) is 15.5 Å². The zero-order chi connectivity index (χ0) is 19.4. The van der Waals surface area contributed by atoms with Gasteiger partial charge in [-0.1, -0.05) is 0 Å². The van der Waals surface area contributed by atoms with E-state index in [1.807, 2.05) is 0 Å². The summed E-state index contributed by atoms with van der Waals surface area (Å²) in [4.78, 5) is 14.5. The Morgan fingerprint density at radius 1 is 1.15 bits per heavy atom. The van der Waals surface area contributed by atoms with Crippen LogP contribution in [0.2, 0.25) is 0 Å². The SMILES string of the molecule is O=C(NCC1CCN(CCNC2CC2)CC1)c1ccc(C(F)(F)F)c(F)c1. The average molecular weight is 387 g/mol. The van der Waals surface area contributed by atoms with Gasteiger partial charge in [0.15, 0.2) is 0 Å². The molecule has 0 bridgehead atoms. The maximum absolute atomic E-state index is 13.6. The lowest BCUT2D eigenvalue weighted by molar-refractivity contribution is -0.140. The number of benzene rings is 1. The molecule has 1 aromatic rings. The molecule has 0 unspecified atom stereocenters. The molecular weight excluding hydrogens is 362 g/mol. The Balaban J connectivity index is 1.40. The molecule has 1 saturated heterocycles. The van der Waals surface area contributed by atoms with Crippen LogP contribution in [-0.4, -0.2) is 49.6 Å². The number of alkyl halides is 3. The standard InChI is InChI=1S/C19H25F4N3O/c20-17-11-14(1-4-16(17)19(21,22)23)18(27)25-12-13-5-8-26(9-6-13)10-7-24-15-2-3-15/h1,4,11,13,15,24H,2-3,5-10,12H2,(H,25,27). The molecule has 8 heteroatoms. The lowest BCUT2D eigenvalue weighted by atomic mass is 9.96. The number of hydrogen-bond donors (Lipinski definition) is 2. The molecule has 0 radical (unpaired) electrons. The molecule has 2 fully saturated rings. The first-order valence-electron chi connectivity index (χ1n) is 9.43. The number of likely N-dealkylation sites (tertiary alicyclic amines) is 1. The fraction of sp³-hybridized carbons (Fsp3) is 0.632. The monoisotopic (exact) mass is 387 g/mol. The molecule has 1 heterocycles. The Bertz CT molecular complexity index is 653. The topological polar surface area (TPSA) is 44.4 Å². The number of halogens is 4. The second-order valence-electron chi connectivity index (χ2n) is 7.42. The van der Waals surface area contributed by atoms with Gasteiger partial charge in [-0.25, -0.2) is 4.39 Å². The van der Waals surface area contributed by atoms with Gasteiger partial charge in [-0.3, -0.25) is 4.79 Å². The molecule has 27 heavy (non-hydrogen) atoms. The van der Waals surface area contributed by atoms with Crippen molar-refractivity contribution < 1.29 is 22.4 Å². The predicted octanol–water partition coefficient (Wildman–Crippen LogP) is 3.04. The third-order valence-corrected chi connectivity index (χ3v) is 5.23. The minimum absolute atomic E-state index is 0.0934. The second-order valence-corrected chi connectivity index (χ2v) is 7.42. The van der Waals surface area contributed by atoms with Gasteiger partial charge < -0.3 is 15.5 Å². The number of nitrogens with one attached hydrogen (secondary N) is 2. The third kappa shape index (κ3) is 5.90. The predicted molar refractivity (Wildman–Crippen MR) is 93.9 cm³/mol. The summed E-state index contributed by atoms with van der Waals surface area (Å²) in [6.45, 7) is 4.44. The molecule has 0 atom stereocenters. The van der Waals surface area contributed by atoms with Crippen LogP contribution in [0.5, 0.6) is 0 Å². The lowest BCUT2D eigenvalue weighted by Crippen LogP contribution is -2.41. The fourth-order valence-corrected chi connectivity index (χ4v) is 3.35. The van der Waals surface area contributed by atoms with Gasteiger partial charge in [0.25, 0.3) is 5.91 Å². The minimum Gasteiger partial charge on any atom is -0.352 e. The van der Waals surface area contributed by atoms with Crippen LogP contribution in [-0.2, 0) is 6.18 Å². The van der Waals surface area contributed by atoms with E-state index in [9.17, 15) is 22.4 Å². The highest BCUT2D eigenvalue weighted by Gasteiger charge is 2.34. The molecule has 1 aromatic carbocycles. The zero-order valence-electron chi connectivity index (χ0n) is 15.1. The highest BCUT2D eigenvalue weighted by Crippen LogP contribution is 2.31. The molecule has 1 saturated carbocycles. The Hall–Kier alpha value is -1.67. The Labute approximate surface area is 156 Å². The highest BCUT2D eigenvalue weighted by molar-refractivity contribution is 5.94. The van der Waals surface area contributed by atoms with Crippen molar-refractivity contribution in [2.24, 2.45) is 5.92 Å². The fourth-order valence-electron chi connectivity index (χ4n) is 3.35. The van der Waals surface area contributed by atoms with Crippen molar-refractivity contribution in [3.05, 3.63) is 35.1 Å². The first-order chi connectivity index (χ1) is 12.8. The van der Waals surface area contributed by atoms with E-state index in [-0.39, 0.29) is 5.56 Å². The lowest BCUT2D eigenvalue weighted by Gasteiger charge is -2.32. The van der Waals surface area contributed by atoms with Crippen molar-refractivity contribution in [1.29, 1.82) is 0 Å². The summed E-state index contributed by atoms with van der Waals surface area (Å²) in [6, 6.07) is 2.98. The maximum atomic E-state index is 13.6. The summed E-state index contributed by atoms with van der Waals surface area (Å²) < 4.78 is 51.3. The van der Waals surface area contributed by atoms with E-state index in [1.54, 1.807) is 0 Å². The van der Waals surface area contributed by atoms with Crippen molar-refractivity contribution in [3.8, 4) is 0 Å². The van der Waals surface area contributed by atoms with Crippen molar-refractivity contribution in [2.75, 3.05) is 32.7 Å². The Morgan fingerprint density at radius 3 is 2.44 bits per heavy atom. The van der Waals surface area contributed by atoms with Gasteiger partial charge >= 0.3 is 6.18 Å². The van der Waals surface area contributed by atoms with Crippen molar-refractivity contribution in [3.63, 3.8) is 0 Å². The van der Waals surface area contributed by atoms with Gasteiger partial charge in [-0.05, 0) is 62.9 Å². The van der Waals surface area contributed by atoms with Crippen LogP contribution in [0.25, 0.3) is 0 Å². The number of rotatable bonds is 7. The van der Waals surface area contributed by atoms with Gasteiger partial charge in [-0.15, -0.1) is 0 Å². The number of carbonyl (C=O) groups is 1. The molecule has 3 rings (SSSR count). The first-order valence-corrected chi connectivity index (χ1v) is 9.43. The van der Waals surface area contributed by atoms with E-state index < -0.39 is 23.5 Å². The number of hydrogen-bond acceptors (Lipinski definition) is 3. The second kappa shape index (κ2) is 8.56. The minimum atomic E-state index is -4.76. The smallest absolute Gasteiger partial charge is 0.352 e. The molecule has 150 valence electrons. The van der Waals surface area contributed by atoms with E-state index in [2.05, 4.69) is 15.5 Å². The third-order valence-electron chi connectivity index (χ3n) is 5.23. The summed E-state index contributed by atoms with van der Waals surface area (Å²) in [7, 11) is 0. The van der Waals surface area contributed by atoms with Crippen LogP contribution in [0.15, 0.2) is 18.2 Å². The highest BCUT2D eigenvalue weighted by atomic mass is 19.4. The maximum Gasteiger partial charge on any atom is 0.419 e. The van der Waals surface area contributed by atoms with Crippen LogP contribution in [0.1, 0.15) is 41.6 Å². The Morgan fingerprint density at radius 2 is 1.85 bits per heavy atom. The summed E-state index contributed by atoms with van der Waals surface area (Å²) >= 11 is 0. The first kappa shape index (κ1) is 20.1. The van der Waals surface area contributed by atoms with Crippen LogP contribution in [0.4, 0.5) is 17.6 Å². The quantitative estimate of drug-likeness (QED) is 0.707. The van der Waals surface area contributed by atoms with Crippen LogP contribution in [0.3, 0.4) is 0 Å². The molecule has 2 aliphatic rings. The number of carbonyl (C=O) groups excluding carboxylic acids is 1. The Kier molecular flexibility index (Phi) is 6.37.